The first kappa shape index (κ1) is 68.1. The fraction of sp³-hybridized carbons (Fsp3) is 0.324. The highest BCUT2D eigenvalue weighted by atomic mass is 35.5. The number of thiocarbonyl (C=S) groups is 3. The van der Waals surface area contributed by atoms with E-state index in [1.807, 2.05) is 82.0 Å². The van der Waals surface area contributed by atoms with Crippen LogP contribution in [0.2, 0.25) is 10.0 Å². The second kappa shape index (κ2) is 30.6. The molecule has 24 heteroatoms. The summed E-state index contributed by atoms with van der Waals surface area (Å²) in [6.07, 6.45) is 16.1. The molecule has 13 rings (SSSR count). The van der Waals surface area contributed by atoms with Crippen molar-refractivity contribution in [2.75, 3.05) is 105 Å². The van der Waals surface area contributed by atoms with Crippen molar-refractivity contribution < 1.29 is 0 Å². The average molecular weight is 1370 g/mol. The Labute approximate surface area is 582 Å². The molecule has 6 N–H and O–H groups in total. The summed E-state index contributed by atoms with van der Waals surface area (Å²) < 4.78 is 0. The van der Waals surface area contributed by atoms with Crippen LogP contribution < -0.4 is 36.8 Å². The van der Waals surface area contributed by atoms with Gasteiger partial charge in [-0.05, 0) is 198 Å². The van der Waals surface area contributed by atoms with Gasteiger partial charge in [0.2, 0.25) is 17.8 Å². The number of anilines is 10. The molecule has 19 nitrogen and oxygen atoms in total. The van der Waals surface area contributed by atoms with Gasteiger partial charge < -0.3 is 51.5 Å². The number of likely N-dealkylation sites (tertiary alicyclic amines) is 1. The van der Waals surface area contributed by atoms with E-state index in [1.165, 1.54) is 11.1 Å². The standard InChI is InChI=1S/C25H29N7S.2C23H25ClN6S/c1-15-5-6-19-21(11-15)28-23(33)12-17-13-26-25(30-24(17)19)29-20-7-8-22(27-16(20)2)32(4)18-9-10-31(3)14-18;1-14-19(7-4-8-25-14)28-23-26-13-16-11-21(31)27-20-12-18(24)15(6-5-9-30(2)3)10-17(20)22(16)29-23;1-14-15(5-4-8-30(2)3)9-18(13-25-14)27-23-26-12-16-10-21(31)28-20-11-17(24)6-7-19(20)22(16)29-23/h5-8,11,13,18H,9-10,12,14H2,1-4H3,(H,28,33)(H,26,29,30);4,7-8,10,12-13H,5-6,9,11H2,1-3H3,(H,27,31)(H,26,28,29);6-7,9,11-13H,4-5,8,10H2,1-3H3,(H,28,31)(H,26,27,29). The van der Waals surface area contributed by atoms with Gasteiger partial charge in [-0.1, -0.05) is 72.0 Å². The van der Waals surface area contributed by atoms with E-state index >= 15 is 0 Å². The SMILES string of the molecule is Cc1ccc2c(c1)NC(=S)Cc1cnc(Nc3ccc(N(C)C4CCN(C)C4)nc3C)nc1-2.Cc1ncc(Nc2ncc3c(n2)-c2ccc(Cl)cc2NC(=S)C3)cc1CCCN(C)C.Cc1ncccc1Nc1ncc2c(n1)-c1cc(CCCN(C)C)c(Cl)cc1NC(=S)C2. The Bertz CT molecular complexity index is 4360. The maximum absolute atomic E-state index is 6.61. The van der Waals surface area contributed by atoms with Crippen molar-refractivity contribution in [3.05, 3.63) is 170 Å². The van der Waals surface area contributed by atoms with E-state index in [2.05, 4.69) is 168 Å². The minimum Gasteiger partial charge on any atom is -0.355 e. The van der Waals surface area contributed by atoms with Crippen LogP contribution in [-0.2, 0) is 32.1 Å². The molecular formula is C71H79Cl2N19S3. The monoisotopic (exact) mass is 1360 g/mol. The Morgan fingerprint density at radius 3 is 1.66 bits per heavy atom. The lowest BCUT2D eigenvalue weighted by molar-refractivity contribution is 0.400. The predicted molar refractivity (Wildman–Crippen MR) is 402 cm³/mol. The summed E-state index contributed by atoms with van der Waals surface area (Å²) in [7, 11) is 12.6. The molecule has 0 aliphatic carbocycles. The van der Waals surface area contributed by atoms with Crippen molar-refractivity contribution in [3.8, 4) is 33.8 Å². The van der Waals surface area contributed by atoms with Crippen molar-refractivity contribution in [1.82, 2.24) is 59.6 Å². The second-order valence-electron chi connectivity index (χ2n) is 25.0. The number of hydrogen-bond acceptors (Lipinski definition) is 19. The third-order valence-corrected chi connectivity index (χ3v) is 18.3. The first-order valence-electron chi connectivity index (χ1n) is 31.7. The lowest BCUT2D eigenvalue weighted by Crippen LogP contribution is -2.34. The second-order valence-corrected chi connectivity index (χ2v) is 27.3. The molecule has 0 spiro atoms. The van der Waals surface area contributed by atoms with Gasteiger partial charge in [0, 0.05) is 130 Å². The van der Waals surface area contributed by atoms with E-state index in [0.717, 1.165) is 191 Å². The summed E-state index contributed by atoms with van der Waals surface area (Å²) in [5.74, 6) is 2.59. The van der Waals surface area contributed by atoms with Gasteiger partial charge in [-0.3, -0.25) is 9.97 Å². The van der Waals surface area contributed by atoms with E-state index in [9.17, 15) is 0 Å². The quantitative estimate of drug-likeness (QED) is 0.0498. The van der Waals surface area contributed by atoms with Crippen LogP contribution in [0.25, 0.3) is 33.8 Å². The van der Waals surface area contributed by atoms with Gasteiger partial charge in [0.1, 0.15) is 5.82 Å². The molecule has 1 fully saturated rings. The molecule has 6 aromatic heterocycles. The van der Waals surface area contributed by atoms with Gasteiger partial charge in [-0.25, -0.2) is 34.9 Å². The van der Waals surface area contributed by atoms with E-state index in [1.54, 1.807) is 6.20 Å². The summed E-state index contributed by atoms with van der Waals surface area (Å²) >= 11 is 29.3. The molecule has 10 heterocycles. The Morgan fingerprint density at radius 1 is 0.547 bits per heavy atom. The largest absolute Gasteiger partial charge is 0.355 e. The number of aromatic nitrogens is 9. The molecule has 3 aromatic carbocycles. The van der Waals surface area contributed by atoms with Crippen LogP contribution in [0.1, 0.15) is 69.7 Å². The zero-order valence-corrected chi connectivity index (χ0v) is 59.2. The lowest BCUT2D eigenvalue weighted by atomic mass is 10.00. The number of benzene rings is 3. The number of halogens is 2. The Kier molecular flexibility index (Phi) is 21.9. The Hall–Kier alpha value is -8.32. The minimum absolute atomic E-state index is 0.497. The van der Waals surface area contributed by atoms with Crippen LogP contribution >= 0.6 is 59.9 Å². The van der Waals surface area contributed by atoms with Gasteiger partial charge in [0.15, 0.2) is 0 Å². The molecule has 95 heavy (non-hydrogen) atoms. The summed E-state index contributed by atoms with van der Waals surface area (Å²) in [4.78, 5) is 53.1. The van der Waals surface area contributed by atoms with E-state index in [4.69, 9.17) is 79.8 Å². The highest BCUT2D eigenvalue weighted by Crippen LogP contribution is 2.40. The van der Waals surface area contributed by atoms with Crippen molar-refractivity contribution in [1.29, 1.82) is 0 Å². The van der Waals surface area contributed by atoms with Crippen LogP contribution in [0.5, 0.6) is 0 Å². The number of rotatable bonds is 16. The maximum Gasteiger partial charge on any atom is 0.227 e. The van der Waals surface area contributed by atoms with Gasteiger partial charge in [0.25, 0.3) is 0 Å². The molecule has 0 saturated carbocycles. The first-order valence-corrected chi connectivity index (χ1v) is 33.7. The van der Waals surface area contributed by atoms with E-state index in [-0.39, 0.29) is 0 Å². The van der Waals surface area contributed by atoms with Crippen LogP contribution in [0, 0.1) is 27.7 Å². The number of pyridine rings is 3. The van der Waals surface area contributed by atoms with Crippen LogP contribution in [0.4, 0.5) is 57.8 Å². The smallest absolute Gasteiger partial charge is 0.227 e. The highest BCUT2D eigenvalue weighted by molar-refractivity contribution is 7.81. The molecule has 0 amide bonds. The molecule has 490 valence electrons. The van der Waals surface area contributed by atoms with Crippen molar-refractivity contribution >= 4 is 133 Å². The van der Waals surface area contributed by atoms with Gasteiger partial charge >= 0.3 is 0 Å². The summed E-state index contributed by atoms with van der Waals surface area (Å²) in [5.41, 5.74) is 20.4. The van der Waals surface area contributed by atoms with Gasteiger partial charge in [-0.15, -0.1) is 0 Å². The highest BCUT2D eigenvalue weighted by Gasteiger charge is 2.27. The summed E-state index contributed by atoms with van der Waals surface area (Å²) in [6.45, 7) is 12.3. The maximum atomic E-state index is 6.61. The third-order valence-electron chi connectivity index (χ3n) is 17.0. The van der Waals surface area contributed by atoms with E-state index in [0.29, 0.717) is 48.2 Å². The van der Waals surface area contributed by atoms with Crippen LogP contribution in [0.15, 0.2) is 110 Å². The van der Waals surface area contributed by atoms with Crippen LogP contribution in [0.3, 0.4) is 0 Å². The molecule has 0 bridgehead atoms. The fourth-order valence-electron chi connectivity index (χ4n) is 11.8. The fourth-order valence-corrected chi connectivity index (χ4v) is 13.1. The normalized spacial score (nSPS) is 14.5. The molecule has 4 aliphatic rings. The van der Waals surface area contributed by atoms with Crippen molar-refractivity contribution in [2.24, 2.45) is 0 Å². The zero-order chi connectivity index (χ0) is 67.0. The predicted octanol–water partition coefficient (Wildman–Crippen LogP) is 14.4. The van der Waals surface area contributed by atoms with Gasteiger partial charge in [-0.2, -0.15) is 0 Å². The summed E-state index contributed by atoms with van der Waals surface area (Å²) in [6, 6.07) is 26.7. The molecule has 1 saturated heterocycles. The average Bonchev–Trinajstić information content (AvgIpc) is 1.80. The molecule has 9 aromatic rings. The minimum atomic E-state index is 0.497. The van der Waals surface area contributed by atoms with Crippen molar-refractivity contribution in [2.45, 2.75) is 85.1 Å². The third kappa shape index (κ3) is 17.2. The summed E-state index contributed by atoms with van der Waals surface area (Å²) in [5, 5.41) is 21.3. The number of nitrogens with one attached hydrogen (secondary N) is 6. The number of likely N-dealkylation sites (N-methyl/N-ethyl adjacent to an activating group) is 2. The number of hydrogen-bond donors (Lipinski definition) is 6. The molecule has 1 atom stereocenters. The number of fused-ring (bicyclic) bond motifs is 9. The molecule has 0 radical (unpaired) electrons. The first-order chi connectivity index (χ1) is 45.7. The van der Waals surface area contributed by atoms with E-state index < -0.39 is 0 Å². The zero-order valence-electron chi connectivity index (χ0n) is 55.2. The van der Waals surface area contributed by atoms with Crippen LogP contribution in [-0.4, -0.2) is 149 Å². The number of aryl methyl sites for hydroxylation is 6. The molecule has 1 unspecified atom stereocenters. The lowest BCUT2D eigenvalue weighted by Gasteiger charge is -2.26. The topological polar surface area (TPSA) is 201 Å². The molecular weight excluding hydrogens is 1290 g/mol. The Morgan fingerprint density at radius 2 is 1.09 bits per heavy atom. The Balaban J connectivity index is 0.000000145. The van der Waals surface area contributed by atoms with Crippen molar-refractivity contribution in [3.63, 3.8) is 0 Å². The number of nitrogens with zero attached hydrogens (tertiary/aromatic N) is 13. The molecule has 4 aliphatic heterocycles. The van der Waals surface area contributed by atoms with Gasteiger partial charge in [0.05, 0.1) is 66.7 Å².